The van der Waals surface area contributed by atoms with Gasteiger partial charge in [0.25, 0.3) is 0 Å². The molecule has 0 unspecified atom stereocenters. The maximum absolute atomic E-state index is 11.7. The minimum atomic E-state index is -0.471. The van der Waals surface area contributed by atoms with Gasteiger partial charge in [-0.15, -0.1) is 0 Å². The zero-order valence-electron chi connectivity index (χ0n) is 11.6. The summed E-state index contributed by atoms with van der Waals surface area (Å²) in [5.74, 6) is -0.189. The van der Waals surface area contributed by atoms with Gasteiger partial charge in [0.2, 0.25) is 0 Å². The number of aryl methyl sites for hydroxylation is 1. The van der Waals surface area contributed by atoms with Crippen LogP contribution in [-0.4, -0.2) is 17.4 Å². The van der Waals surface area contributed by atoms with Gasteiger partial charge in [0.15, 0.2) is 5.75 Å². The first kappa shape index (κ1) is 16.1. The maximum atomic E-state index is 11.7. The van der Waals surface area contributed by atoms with Crippen LogP contribution in [0.4, 0.5) is 10.5 Å². The Kier molecular flexibility index (Phi) is 5.25. The van der Waals surface area contributed by atoms with Crippen LogP contribution in [0.2, 0.25) is 10.0 Å². The van der Waals surface area contributed by atoms with Crippen molar-refractivity contribution in [3.05, 3.63) is 57.6 Å². The molecular weight excluding hydrogens is 325 g/mol. The highest BCUT2D eigenvalue weighted by Crippen LogP contribution is 2.32. The minimum absolute atomic E-state index is 0.110. The van der Waals surface area contributed by atoms with Gasteiger partial charge in [-0.25, -0.2) is 10.2 Å². The standard InChI is InChI=1S/C15H13Cl2N3O2/c1-9-4-2-3-5-13(9)19-15(22)20-18-8-10-6-11(16)14(21)12(17)7-10/h2-8,21H,1H3,(H2,19,20,22). The molecule has 0 aliphatic heterocycles. The Morgan fingerprint density at radius 3 is 2.50 bits per heavy atom. The lowest BCUT2D eigenvalue weighted by molar-refractivity contribution is 0.252. The summed E-state index contributed by atoms with van der Waals surface area (Å²) in [5, 5.41) is 16.1. The van der Waals surface area contributed by atoms with E-state index in [0.717, 1.165) is 5.56 Å². The third-order valence-electron chi connectivity index (χ3n) is 2.81. The predicted molar refractivity (Wildman–Crippen MR) is 89.1 cm³/mol. The molecule has 0 spiro atoms. The zero-order valence-corrected chi connectivity index (χ0v) is 13.1. The van der Waals surface area contributed by atoms with Gasteiger partial charge in [-0.05, 0) is 36.2 Å². The molecule has 0 heterocycles. The van der Waals surface area contributed by atoms with Crippen LogP contribution in [0.1, 0.15) is 11.1 Å². The molecule has 0 bridgehead atoms. The number of aromatic hydroxyl groups is 1. The van der Waals surface area contributed by atoms with Crippen molar-refractivity contribution in [2.45, 2.75) is 6.92 Å². The topological polar surface area (TPSA) is 73.7 Å². The Balaban J connectivity index is 1.98. The number of hydrazone groups is 1. The van der Waals surface area contributed by atoms with Gasteiger partial charge in [0.05, 0.1) is 16.3 Å². The van der Waals surface area contributed by atoms with Crippen molar-refractivity contribution in [3.8, 4) is 5.75 Å². The number of phenolic OH excluding ortho intramolecular Hbond substituents is 1. The Morgan fingerprint density at radius 2 is 1.86 bits per heavy atom. The largest absolute Gasteiger partial charge is 0.505 e. The van der Waals surface area contributed by atoms with E-state index < -0.39 is 6.03 Å². The summed E-state index contributed by atoms with van der Waals surface area (Å²) in [7, 11) is 0. The third-order valence-corrected chi connectivity index (χ3v) is 3.39. The Morgan fingerprint density at radius 1 is 1.23 bits per heavy atom. The van der Waals surface area contributed by atoms with Gasteiger partial charge in [0.1, 0.15) is 0 Å². The predicted octanol–water partition coefficient (Wildman–Crippen LogP) is 4.16. The van der Waals surface area contributed by atoms with E-state index in [9.17, 15) is 9.90 Å². The Labute approximate surface area is 137 Å². The van der Waals surface area contributed by atoms with Crippen molar-refractivity contribution in [2.75, 3.05) is 5.32 Å². The van der Waals surface area contributed by atoms with Crippen LogP contribution in [0, 0.1) is 6.92 Å². The van der Waals surface area contributed by atoms with E-state index in [1.165, 1.54) is 18.3 Å². The number of para-hydroxylation sites is 1. The molecule has 0 saturated heterocycles. The Hall–Kier alpha value is -2.24. The van der Waals surface area contributed by atoms with E-state index in [-0.39, 0.29) is 15.8 Å². The summed E-state index contributed by atoms with van der Waals surface area (Å²) >= 11 is 11.6. The number of hydrogen-bond donors (Lipinski definition) is 3. The second kappa shape index (κ2) is 7.15. The van der Waals surface area contributed by atoms with E-state index in [2.05, 4.69) is 15.8 Å². The molecule has 114 valence electrons. The highest BCUT2D eigenvalue weighted by molar-refractivity contribution is 6.37. The molecule has 7 heteroatoms. The highest BCUT2D eigenvalue weighted by Gasteiger charge is 2.06. The van der Waals surface area contributed by atoms with Crippen LogP contribution in [-0.2, 0) is 0 Å². The van der Waals surface area contributed by atoms with Crippen LogP contribution < -0.4 is 10.7 Å². The van der Waals surface area contributed by atoms with Crippen LogP contribution in [0.3, 0.4) is 0 Å². The van der Waals surface area contributed by atoms with Gasteiger partial charge in [0, 0.05) is 5.69 Å². The molecule has 2 rings (SSSR count). The highest BCUT2D eigenvalue weighted by atomic mass is 35.5. The SMILES string of the molecule is Cc1ccccc1NC(=O)NN=Cc1cc(Cl)c(O)c(Cl)c1. The summed E-state index contributed by atoms with van der Waals surface area (Å²) in [4.78, 5) is 11.7. The van der Waals surface area contributed by atoms with Gasteiger partial charge in [-0.1, -0.05) is 41.4 Å². The van der Waals surface area contributed by atoms with E-state index in [0.29, 0.717) is 11.3 Å². The lowest BCUT2D eigenvalue weighted by Crippen LogP contribution is -2.24. The van der Waals surface area contributed by atoms with Crippen molar-refractivity contribution in [2.24, 2.45) is 5.10 Å². The number of urea groups is 1. The number of halogens is 2. The smallest absolute Gasteiger partial charge is 0.339 e. The zero-order chi connectivity index (χ0) is 16.1. The van der Waals surface area contributed by atoms with Crippen molar-refractivity contribution in [1.82, 2.24) is 5.43 Å². The van der Waals surface area contributed by atoms with Crippen LogP contribution in [0.15, 0.2) is 41.5 Å². The number of amides is 2. The molecule has 0 aliphatic carbocycles. The summed E-state index contributed by atoms with van der Waals surface area (Å²) < 4.78 is 0. The number of anilines is 1. The second-order valence-electron chi connectivity index (χ2n) is 4.47. The molecule has 0 atom stereocenters. The summed E-state index contributed by atoms with van der Waals surface area (Å²) in [6, 6.07) is 9.88. The molecule has 0 fully saturated rings. The summed E-state index contributed by atoms with van der Waals surface area (Å²) in [6.45, 7) is 1.89. The van der Waals surface area contributed by atoms with Crippen LogP contribution >= 0.6 is 23.2 Å². The number of phenols is 1. The van der Waals surface area contributed by atoms with Crippen molar-refractivity contribution < 1.29 is 9.90 Å². The number of carbonyl (C=O) groups is 1. The summed E-state index contributed by atoms with van der Waals surface area (Å²) in [5.41, 5.74) is 4.52. The first-order valence-corrected chi connectivity index (χ1v) is 7.06. The molecule has 5 nitrogen and oxygen atoms in total. The average Bonchev–Trinajstić information content (AvgIpc) is 2.47. The van der Waals surface area contributed by atoms with Crippen LogP contribution in [0.5, 0.6) is 5.75 Å². The van der Waals surface area contributed by atoms with E-state index >= 15 is 0 Å². The van der Waals surface area contributed by atoms with Crippen LogP contribution in [0.25, 0.3) is 0 Å². The normalized spacial score (nSPS) is 10.7. The average molecular weight is 338 g/mol. The number of carbonyl (C=O) groups excluding carboxylic acids is 1. The van der Waals surface area contributed by atoms with Gasteiger partial charge < -0.3 is 10.4 Å². The number of nitrogens with zero attached hydrogens (tertiary/aromatic N) is 1. The van der Waals surface area contributed by atoms with Crippen molar-refractivity contribution in [1.29, 1.82) is 0 Å². The fraction of sp³-hybridized carbons (Fsp3) is 0.0667. The summed E-state index contributed by atoms with van der Waals surface area (Å²) in [6.07, 6.45) is 1.37. The molecule has 0 radical (unpaired) electrons. The second-order valence-corrected chi connectivity index (χ2v) is 5.29. The molecule has 22 heavy (non-hydrogen) atoms. The molecule has 0 aliphatic rings. The number of nitrogens with one attached hydrogen (secondary N) is 2. The van der Waals surface area contributed by atoms with E-state index in [1.54, 1.807) is 6.07 Å². The molecule has 0 saturated carbocycles. The maximum Gasteiger partial charge on any atom is 0.339 e. The van der Waals surface area contributed by atoms with Crippen molar-refractivity contribution in [3.63, 3.8) is 0 Å². The number of hydrogen-bond acceptors (Lipinski definition) is 3. The monoisotopic (exact) mass is 337 g/mol. The van der Waals surface area contributed by atoms with E-state index in [4.69, 9.17) is 23.2 Å². The first-order chi connectivity index (χ1) is 10.5. The lowest BCUT2D eigenvalue weighted by atomic mass is 10.2. The first-order valence-electron chi connectivity index (χ1n) is 6.31. The third kappa shape index (κ3) is 4.13. The fourth-order valence-corrected chi connectivity index (χ4v) is 2.19. The van der Waals surface area contributed by atoms with Gasteiger partial charge in [-0.2, -0.15) is 5.10 Å². The molecule has 2 amide bonds. The Bertz CT molecular complexity index is 709. The minimum Gasteiger partial charge on any atom is -0.505 e. The molecule has 0 aromatic heterocycles. The van der Waals surface area contributed by atoms with Gasteiger partial charge >= 0.3 is 6.03 Å². The van der Waals surface area contributed by atoms with Crippen molar-refractivity contribution >= 4 is 41.1 Å². The fourth-order valence-electron chi connectivity index (χ4n) is 1.69. The molecule has 2 aromatic rings. The quantitative estimate of drug-likeness (QED) is 0.581. The number of rotatable bonds is 3. The number of benzene rings is 2. The lowest BCUT2D eigenvalue weighted by Gasteiger charge is -2.06. The molecular formula is C15H13Cl2N3O2. The molecule has 3 N–H and O–H groups in total. The molecule has 2 aromatic carbocycles. The van der Waals surface area contributed by atoms with E-state index in [1.807, 2.05) is 25.1 Å². The van der Waals surface area contributed by atoms with Gasteiger partial charge in [-0.3, -0.25) is 0 Å².